The third-order valence-corrected chi connectivity index (χ3v) is 4.76. The average molecular weight is 267 g/mol. The first-order chi connectivity index (χ1) is 8.86. The zero-order valence-electron chi connectivity index (χ0n) is 12.1. The van der Waals surface area contributed by atoms with Crippen LogP contribution in [0.4, 0.5) is 0 Å². The molecule has 0 spiro atoms. The molecular formula is C14H25N3O2. The molecule has 5 nitrogen and oxygen atoms in total. The molecule has 0 bridgehead atoms. The number of hydrogen-bond donors (Lipinski definition) is 2. The van der Waals surface area contributed by atoms with E-state index in [1.807, 2.05) is 13.8 Å². The number of imide groups is 1. The monoisotopic (exact) mass is 267 g/mol. The van der Waals surface area contributed by atoms with Crippen LogP contribution in [-0.2, 0) is 9.59 Å². The molecule has 2 rings (SSSR count). The molecule has 0 aromatic carbocycles. The predicted molar refractivity (Wildman–Crippen MR) is 73.3 cm³/mol. The van der Waals surface area contributed by atoms with Crippen molar-refractivity contribution in [2.75, 3.05) is 13.1 Å². The summed E-state index contributed by atoms with van der Waals surface area (Å²) in [7, 11) is 0. The van der Waals surface area contributed by atoms with E-state index in [0.29, 0.717) is 24.9 Å². The van der Waals surface area contributed by atoms with Crippen molar-refractivity contribution in [2.45, 2.75) is 51.6 Å². The fourth-order valence-electron chi connectivity index (χ4n) is 3.40. The Bertz CT molecular complexity index is 381. The second kappa shape index (κ2) is 5.21. The Morgan fingerprint density at radius 1 is 1.37 bits per heavy atom. The van der Waals surface area contributed by atoms with Crippen LogP contribution in [-0.4, -0.2) is 41.4 Å². The highest BCUT2D eigenvalue weighted by Crippen LogP contribution is 2.35. The first-order valence-corrected chi connectivity index (χ1v) is 7.17. The van der Waals surface area contributed by atoms with Crippen molar-refractivity contribution in [2.24, 2.45) is 17.6 Å². The highest BCUT2D eigenvalue weighted by molar-refractivity contribution is 6.03. The van der Waals surface area contributed by atoms with Crippen molar-refractivity contribution in [1.82, 2.24) is 10.2 Å². The number of nitrogens with two attached hydrogens (primary N) is 1. The Hall–Kier alpha value is -0.940. The molecule has 0 radical (unpaired) electrons. The molecular weight excluding hydrogens is 242 g/mol. The van der Waals surface area contributed by atoms with E-state index in [1.54, 1.807) is 0 Å². The molecule has 1 heterocycles. The molecule has 19 heavy (non-hydrogen) atoms. The fourth-order valence-corrected chi connectivity index (χ4v) is 3.40. The molecule has 0 aromatic rings. The highest BCUT2D eigenvalue weighted by Gasteiger charge is 2.46. The van der Waals surface area contributed by atoms with Gasteiger partial charge in [-0.1, -0.05) is 13.3 Å². The van der Waals surface area contributed by atoms with E-state index < -0.39 is 5.54 Å². The molecule has 2 aliphatic rings. The van der Waals surface area contributed by atoms with Crippen LogP contribution in [0.3, 0.4) is 0 Å². The molecule has 0 aromatic heterocycles. The molecule has 2 amide bonds. The molecule has 3 atom stereocenters. The first-order valence-electron chi connectivity index (χ1n) is 7.17. The lowest BCUT2D eigenvalue weighted by atomic mass is 9.76. The Labute approximate surface area is 114 Å². The summed E-state index contributed by atoms with van der Waals surface area (Å²) in [5.74, 6) is 0.619. The van der Waals surface area contributed by atoms with Gasteiger partial charge in [-0.3, -0.25) is 19.8 Å². The maximum absolute atomic E-state index is 12.1. The summed E-state index contributed by atoms with van der Waals surface area (Å²) in [6.45, 7) is 6.94. The summed E-state index contributed by atoms with van der Waals surface area (Å²) in [6.07, 6.45) is 3.29. The number of carbonyl (C=O) groups is 2. The lowest BCUT2D eigenvalue weighted by Crippen LogP contribution is -2.68. The largest absolute Gasteiger partial charge is 0.330 e. The summed E-state index contributed by atoms with van der Waals surface area (Å²) in [5.41, 5.74) is 5.26. The second-order valence-electron chi connectivity index (χ2n) is 6.55. The summed E-state index contributed by atoms with van der Waals surface area (Å²) in [6, 6.07) is 0.235. The minimum absolute atomic E-state index is 0.196. The van der Waals surface area contributed by atoms with Crippen LogP contribution >= 0.6 is 0 Å². The maximum atomic E-state index is 12.1. The van der Waals surface area contributed by atoms with Gasteiger partial charge >= 0.3 is 0 Å². The maximum Gasteiger partial charge on any atom is 0.246 e. The predicted octanol–water partition coefficient (Wildman–Crippen LogP) is 0.487. The van der Waals surface area contributed by atoms with Crippen LogP contribution in [0.15, 0.2) is 0 Å². The third kappa shape index (κ3) is 2.67. The zero-order valence-corrected chi connectivity index (χ0v) is 12.1. The van der Waals surface area contributed by atoms with Gasteiger partial charge in [-0.15, -0.1) is 0 Å². The van der Waals surface area contributed by atoms with E-state index in [0.717, 1.165) is 12.8 Å². The van der Waals surface area contributed by atoms with Gasteiger partial charge in [-0.05, 0) is 45.1 Å². The number of amides is 2. The van der Waals surface area contributed by atoms with Crippen molar-refractivity contribution < 1.29 is 9.59 Å². The van der Waals surface area contributed by atoms with Crippen LogP contribution in [0, 0.1) is 11.8 Å². The number of nitrogens with one attached hydrogen (secondary N) is 1. The van der Waals surface area contributed by atoms with E-state index in [-0.39, 0.29) is 17.9 Å². The van der Waals surface area contributed by atoms with Crippen molar-refractivity contribution in [3.63, 3.8) is 0 Å². The van der Waals surface area contributed by atoms with Gasteiger partial charge in [0, 0.05) is 6.04 Å². The minimum Gasteiger partial charge on any atom is -0.330 e. The quantitative estimate of drug-likeness (QED) is 0.714. The molecule has 1 saturated heterocycles. The summed E-state index contributed by atoms with van der Waals surface area (Å²) in [5, 5.41) is 2.43. The Balaban J connectivity index is 2.25. The van der Waals surface area contributed by atoms with Crippen molar-refractivity contribution in [3.05, 3.63) is 0 Å². The smallest absolute Gasteiger partial charge is 0.246 e. The number of rotatable bonds is 2. The Morgan fingerprint density at radius 2 is 2.05 bits per heavy atom. The lowest BCUT2D eigenvalue weighted by molar-refractivity contribution is -0.149. The fraction of sp³-hybridized carbons (Fsp3) is 0.857. The molecule has 3 N–H and O–H groups in total. The standard InChI is InChI=1S/C14H25N3O2/c1-9-4-5-10(7-15)11(6-9)17-8-12(18)16-13(19)14(17,2)3/h9-11H,4-8,15H2,1-3H3,(H,16,18,19). The summed E-state index contributed by atoms with van der Waals surface area (Å²) >= 11 is 0. The van der Waals surface area contributed by atoms with Gasteiger partial charge in [0.15, 0.2) is 0 Å². The number of carbonyl (C=O) groups excluding carboxylic acids is 2. The van der Waals surface area contributed by atoms with E-state index in [1.165, 1.54) is 6.42 Å². The number of hydrogen-bond acceptors (Lipinski definition) is 4. The first kappa shape index (κ1) is 14.5. The van der Waals surface area contributed by atoms with E-state index in [2.05, 4.69) is 17.1 Å². The van der Waals surface area contributed by atoms with Gasteiger partial charge in [-0.25, -0.2) is 0 Å². The Morgan fingerprint density at radius 3 is 2.68 bits per heavy atom. The highest BCUT2D eigenvalue weighted by atomic mass is 16.2. The SMILES string of the molecule is CC1CCC(CN)C(N2CC(=O)NC(=O)C2(C)C)C1. The van der Waals surface area contributed by atoms with Crippen LogP contribution in [0.5, 0.6) is 0 Å². The van der Waals surface area contributed by atoms with Crippen LogP contribution in [0.2, 0.25) is 0 Å². The van der Waals surface area contributed by atoms with Crippen LogP contribution in [0.1, 0.15) is 40.0 Å². The number of nitrogens with zero attached hydrogens (tertiary/aromatic N) is 1. The zero-order chi connectivity index (χ0) is 14.2. The van der Waals surface area contributed by atoms with Gasteiger partial charge in [0.2, 0.25) is 11.8 Å². The van der Waals surface area contributed by atoms with Gasteiger partial charge in [0.25, 0.3) is 0 Å². The van der Waals surface area contributed by atoms with E-state index >= 15 is 0 Å². The van der Waals surface area contributed by atoms with Crippen molar-refractivity contribution >= 4 is 11.8 Å². The van der Waals surface area contributed by atoms with Gasteiger partial charge in [0.1, 0.15) is 0 Å². The summed E-state index contributed by atoms with van der Waals surface area (Å²) in [4.78, 5) is 25.8. The van der Waals surface area contributed by atoms with E-state index in [9.17, 15) is 9.59 Å². The molecule has 1 saturated carbocycles. The molecule has 1 aliphatic heterocycles. The number of piperazine rings is 1. The second-order valence-corrected chi connectivity index (χ2v) is 6.55. The van der Waals surface area contributed by atoms with Crippen molar-refractivity contribution in [3.8, 4) is 0 Å². The molecule has 1 aliphatic carbocycles. The molecule has 5 heteroatoms. The van der Waals surface area contributed by atoms with Crippen molar-refractivity contribution in [1.29, 1.82) is 0 Å². The molecule has 2 fully saturated rings. The van der Waals surface area contributed by atoms with Crippen LogP contribution < -0.4 is 11.1 Å². The summed E-state index contributed by atoms with van der Waals surface area (Å²) < 4.78 is 0. The van der Waals surface area contributed by atoms with Gasteiger partial charge < -0.3 is 5.73 Å². The van der Waals surface area contributed by atoms with E-state index in [4.69, 9.17) is 5.73 Å². The third-order valence-electron chi connectivity index (χ3n) is 4.76. The van der Waals surface area contributed by atoms with Crippen LogP contribution in [0.25, 0.3) is 0 Å². The van der Waals surface area contributed by atoms with Gasteiger partial charge in [-0.2, -0.15) is 0 Å². The normalized spacial score (nSPS) is 36.1. The molecule has 3 unspecified atom stereocenters. The average Bonchev–Trinajstić information content (AvgIpc) is 2.34. The lowest BCUT2D eigenvalue weighted by Gasteiger charge is -2.49. The topological polar surface area (TPSA) is 75.4 Å². The molecule has 108 valence electrons. The Kier molecular flexibility index (Phi) is 3.97. The van der Waals surface area contributed by atoms with Gasteiger partial charge in [0.05, 0.1) is 12.1 Å². The minimum atomic E-state index is -0.636.